The van der Waals surface area contributed by atoms with Gasteiger partial charge in [-0.25, -0.2) is 9.18 Å². The number of ether oxygens (including phenoxy) is 1. The number of aromatic nitrogens is 2. The monoisotopic (exact) mass is 366 g/mol. The molecule has 4 N–H and O–H groups in total. The molecule has 26 heavy (non-hydrogen) atoms. The summed E-state index contributed by atoms with van der Waals surface area (Å²) < 4.78 is 20.3. The predicted octanol–water partition coefficient (Wildman–Crippen LogP) is -0.0106. The Labute approximate surface area is 145 Å². The standard InChI is InChI=1S/C15H15FN4O6/c16-11-12(22)10(6-21)26-14(11)19-5-8(13(17)18-15(19)23)7-3-1-2-4-9(7)20(24)25/h1-5,10-12,14,21-22H,6H2,(H2,17,18,23)/t10-,11+,12-,14-/m1/s1. The van der Waals surface area contributed by atoms with E-state index < -0.39 is 41.8 Å². The van der Waals surface area contributed by atoms with E-state index >= 15 is 0 Å². The van der Waals surface area contributed by atoms with Gasteiger partial charge in [0, 0.05) is 17.8 Å². The fraction of sp³-hybridized carbons (Fsp3) is 0.333. The van der Waals surface area contributed by atoms with Crippen LogP contribution in [0, 0.1) is 10.1 Å². The van der Waals surface area contributed by atoms with Crippen LogP contribution in [0.3, 0.4) is 0 Å². The Morgan fingerprint density at radius 1 is 1.38 bits per heavy atom. The quantitative estimate of drug-likeness (QED) is 0.504. The van der Waals surface area contributed by atoms with Crippen molar-refractivity contribution < 1.29 is 24.3 Å². The Bertz CT molecular complexity index is 904. The lowest BCUT2D eigenvalue weighted by atomic mass is 10.1. The van der Waals surface area contributed by atoms with Crippen molar-refractivity contribution in [2.75, 3.05) is 12.3 Å². The zero-order valence-electron chi connectivity index (χ0n) is 13.2. The molecular weight excluding hydrogens is 351 g/mol. The maximum absolute atomic E-state index is 14.3. The van der Waals surface area contributed by atoms with Crippen LogP contribution in [-0.2, 0) is 4.74 Å². The molecule has 0 bridgehead atoms. The molecule has 0 unspecified atom stereocenters. The number of nitro benzene ring substituents is 1. The molecular formula is C15H15FN4O6. The number of aliphatic hydroxyl groups is 2. The van der Waals surface area contributed by atoms with Crippen molar-refractivity contribution in [3.05, 3.63) is 51.1 Å². The fourth-order valence-electron chi connectivity index (χ4n) is 2.81. The Morgan fingerprint density at radius 2 is 2.08 bits per heavy atom. The van der Waals surface area contributed by atoms with E-state index in [2.05, 4.69) is 4.98 Å². The van der Waals surface area contributed by atoms with Gasteiger partial charge in [-0.3, -0.25) is 14.7 Å². The molecule has 11 heteroatoms. The molecule has 1 aliphatic heterocycles. The first kappa shape index (κ1) is 17.9. The van der Waals surface area contributed by atoms with Crippen LogP contribution in [0.1, 0.15) is 6.23 Å². The Balaban J connectivity index is 2.13. The number of nitrogens with two attached hydrogens (primary N) is 1. The number of nitrogens with zero attached hydrogens (tertiary/aromatic N) is 3. The first-order chi connectivity index (χ1) is 12.3. The van der Waals surface area contributed by atoms with Crippen molar-refractivity contribution in [1.82, 2.24) is 9.55 Å². The molecule has 1 saturated heterocycles. The van der Waals surface area contributed by atoms with Crippen LogP contribution in [0.15, 0.2) is 35.3 Å². The second-order valence-corrected chi connectivity index (χ2v) is 5.69. The van der Waals surface area contributed by atoms with Gasteiger partial charge in [0.1, 0.15) is 18.0 Å². The largest absolute Gasteiger partial charge is 0.394 e. The van der Waals surface area contributed by atoms with Crippen LogP contribution in [0.4, 0.5) is 15.9 Å². The lowest BCUT2D eigenvalue weighted by Gasteiger charge is -2.17. The third-order valence-electron chi connectivity index (χ3n) is 4.12. The smallest absolute Gasteiger partial charge is 0.351 e. The molecule has 0 aliphatic carbocycles. The average molecular weight is 366 g/mol. The summed E-state index contributed by atoms with van der Waals surface area (Å²) >= 11 is 0. The summed E-state index contributed by atoms with van der Waals surface area (Å²) in [4.78, 5) is 26.3. The highest BCUT2D eigenvalue weighted by molar-refractivity contribution is 5.79. The molecule has 1 aromatic carbocycles. The van der Waals surface area contributed by atoms with E-state index in [1.165, 1.54) is 24.3 Å². The van der Waals surface area contributed by atoms with Gasteiger partial charge in [0.15, 0.2) is 12.4 Å². The van der Waals surface area contributed by atoms with Crippen molar-refractivity contribution in [3.8, 4) is 11.1 Å². The fourth-order valence-corrected chi connectivity index (χ4v) is 2.81. The summed E-state index contributed by atoms with van der Waals surface area (Å²) in [5.41, 5.74) is 4.63. The highest BCUT2D eigenvalue weighted by Crippen LogP contribution is 2.35. The molecule has 0 saturated carbocycles. The lowest BCUT2D eigenvalue weighted by Crippen LogP contribution is -2.33. The highest BCUT2D eigenvalue weighted by atomic mass is 19.1. The first-order valence-electron chi connectivity index (χ1n) is 7.56. The van der Waals surface area contributed by atoms with Crippen LogP contribution < -0.4 is 11.4 Å². The second kappa shape index (κ2) is 6.78. The van der Waals surface area contributed by atoms with Gasteiger partial charge in [0.05, 0.1) is 17.1 Å². The van der Waals surface area contributed by atoms with Crippen molar-refractivity contribution in [2.45, 2.75) is 24.6 Å². The molecule has 1 fully saturated rings. The van der Waals surface area contributed by atoms with Gasteiger partial charge < -0.3 is 20.7 Å². The number of hydrogen-bond donors (Lipinski definition) is 3. The number of nitro groups is 1. The first-order valence-corrected chi connectivity index (χ1v) is 7.56. The van der Waals surface area contributed by atoms with Crippen molar-refractivity contribution in [1.29, 1.82) is 0 Å². The molecule has 1 aromatic heterocycles. The molecule has 3 rings (SSSR count). The molecule has 10 nitrogen and oxygen atoms in total. The molecule has 4 atom stereocenters. The van der Waals surface area contributed by atoms with Crippen molar-refractivity contribution in [2.24, 2.45) is 0 Å². The van der Waals surface area contributed by atoms with Crippen LogP contribution >= 0.6 is 0 Å². The van der Waals surface area contributed by atoms with Crippen LogP contribution in [-0.4, -0.2) is 49.7 Å². The summed E-state index contributed by atoms with van der Waals surface area (Å²) in [7, 11) is 0. The number of benzene rings is 1. The van der Waals surface area contributed by atoms with Crippen molar-refractivity contribution >= 4 is 11.5 Å². The SMILES string of the molecule is Nc1nc(=O)n([C@@H]2O[C@H](CO)[C@@H](O)[C@@H]2F)cc1-c1ccccc1[N+](=O)[O-]. The Hall–Kier alpha value is -2.89. The second-order valence-electron chi connectivity index (χ2n) is 5.69. The topological polar surface area (TPSA) is 154 Å². The maximum Gasteiger partial charge on any atom is 0.351 e. The maximum atomic E-state index is 14.3. The minimum atomic E-state index is -2.01. The van der Waals surface area contributed by atoms with E-state index in [0.717, 1.165) is 10.8 Å². The number of anilines is 1. The van der Waals surface area contributed by atoms with Gasteiger partial charge in [0.2, 0.25) is 0 Å². The summed E-state index contributed by atoms with van der Waals surface area (Å²) in [6.07, 6.45) is -5.31. The molecule has 0 radical (unpaired) electrons. The number of alkyl halides is 1. The van der Waals surface area contributed by atoms with Crippen LogP contribution in [0.5, 0.6) is 0 Å². The number of hydrogen-bond acceptors (Lipinski definition) is 8. The van der Waals surface area contributed by atoms with Crippen LogP contribution in [0.25, 0.3) is 11.1 Å². The number of halogens is 1. The van der Waals surface area contributed by atoms with E-state index in [4.69, 9.17) is 15.6 Å². The summed E-state index contributed by atoms with van der Waals surface area (Å²) in [5.74, 6) is -0.270. The number of aliphatic hydroxyl groups excluding tert-OH is 2. The lowest BCUT2D eigenvalue weighted by molar-refractivity contribution is -0.384. The van der Waals surface area contributed by atoms with Gasteiger partial charge in [-0.05, 0) is 6.07 Å². The third kappa shape index (κ3) is 2.92. The minimum absolute atomic E-state index is 0.0367. The summed E-state index contributed by atoms with van der Waals surface area (Å²) in [6, 6.07) is 5.65. The Morgan fingerprint density at radius 3 is 2.69 bits per heavy atom. The van der Waals surface area contributed by atoms with E-state index in [0.29, 0.717) is 0 Å². The minimum Gasteiger partial charge on any atom is -0.394 e. The van der Waals surface area contributed by atoms with Gasteiger partial charge in [-0.15, -0.1) is 0 Å². The summed E-state index contributed by atoms with van der Waals surface area (Å²) in [5, 5.41) is 30.1. The molecule has 138 valence electrons. The van der Waals surface area contributed by atoms with Crippen molar-refractivity contribution in [3.63, 3.8) is 0 Å². The zero-order valence-corrected chi connectivity index (χ0v) is 13.2. The molecule has 1 aliphatic rings. The zero-order chi connectivity index (χ0) is 19.0. The third-order valence-corrected chi connectivity index (χ3v) is 4.12. The number of nitrogen functional groups attached to an aromatic ring is 1. The summed E-state index contributed by atoms with van der Waals surface area (Å²) in [6.45, 7) is -0.647. The molecule has 2 heterocycles. The molecule has 0 amide bonds. The van der Waals surface area contributed by atoms with Crippen LogP contribution in [0.2, 0.25) is 0 Å². The predicted molar refractivity (Wildman–Crippen MR) is 86.9 cm³/mol. The van der Waals surface area contributed by atoms with Gasteiger partial charge >= 0.3 is 5.69 Å². The van der Waals surface area contributed by atoms with E-state index in [1.54, 1.807) is 0 Å². The van der Waals surface area contributed by atoms with E-state index in [1.807, 2.05) is 0 Å². The molecule has 2 aromatic rings. The average Bonchev–Trinajstić information content (AvgIpc) is 2.90. The normalized spacial score (nSPS) is 25.3. The van der Waals surface area contributed by atoms with E-state index in [9.17, 15) is 24.4 Å². The van der Waals surface area contributed by atoms with Gasteiger partial charge in [0.25, 0.3) is 5.69 Å². The van der Waals surface area contributed by atoms with Gasteiger partial charge in [-0.1, -0.05) is 12.1 Å². The van der Waals surface area contributed by atoms with Gasteiger partial charge in [-0.2, -0.15) is 4.98 Å². The number of para-hydroxylation sites is 1. The Kier molecular flexibility index (Phi) is 4.68. The highest BCUT2D eigenvalue weighted by Gasteiger charge is 2.45. The van der Waals surface area contributed by atoms with E-state index in [-0.39, 0.29) is 22.6 Å². The molecule has 0 spiro atoms. The number of rotatable bonds is 4.